The van der Waals surface area contributed by atoms with Crippen molar-refractivity contribution in [1.82, 2.24) is 5.32 Å². The van der Waals surface area contributed by atoms with Crippen molar-refractivity contribution in [1.29, 1.82) is 0 Å². The molecular formula is C13H19NO. The standard InChI is InChI=1S/C13H19NO/c1-11(15)9-14-10-13(2,3)12-7-5-4-6-8-12/h4-8,14H,9-10H2,1-3H3. The molecule has 0 spiro atoms. The maximum atomic E-state index is 10.8. The highest BCUT2D eigenvalue weighted by molar-refractivity contribution is 5.77. The van der Waals surface area contributed by atoms with Gasteiger partial charge in [0.25, 0.3) is 0 Å². The van der Waals surface area contributed by atoms with E-state index < -0.39 is 0 Å². The number of carbonyl (C=O) groups excluding carboxylic acids is 1. The average molecular weight is 205 g/mol. The summed E-state index contributed by atoms with van der Waals surface area (Å²) in [6.07, 6.45) is 0. The molecule has 0 atom stereocenters. The van der Waals surface area contributed by atoms with Crippen LogP contribution in [0.25, 0.3) is 0 Å². The number of benzene rings is 1. The van der Waals surface area contributed by atoms with E-state index in [4.69, 9.17) is 0 Å². The van der Waals surface area contributed by atoms with Crippen LogP contribution in [0.15, 0.2) is 30.3 Å². The van der Waals surface area contributed by atoms with Crippen LogP contribution in [-0.2, 0) is 10.2 Å². The molecule has 1 aromatic rings. The van der Waals surface area contributed by atoms with Crippen molar-refractivity contribution < 1.29 is 4.79 Å². The Bertz CT molecular complexity index is 317. The third-order valence-electron chi connectivity index (χ3n) is 2.50. The molecule has 1 N–H and O–H groups in total. The SMILES string of the molecule is CC(=O)CNCC(C)(C)c1ccccc1. The monoisotopic (exact) mass is 205 g/mol. The van der Waals surface area contributed by atoms with Gasteiger partial charge in [-0.1, -0.05) is 44.2 Å². The van der Waals surface area contributed by atoms with Gasteiger partial charge in [0.15, 0.2) is 0 Å². The molecule has 0 amide bonds. The molecule has 15 heavy (non-hydrogen) atoms. The first-order chi connectivity index (χ1) is 7.02. The second-order valence-corrected chi connectivity index (χ2v) is 4.56. The van der Waals surface area contributed by atoms with Gasteiger partial charge in [-0.05, 0) is 12.5 Å². The molecule has 0 bridgehead atoms. The van der Waals surface area contributed by atoms with E-state index in [2.05, 4.69) is 31.3 Å². The van der Waals surface area contributed by atoms with Crippen molar-refractivity contribution in [2.24, 2.45) is 0 Å². The Hall–Kier alpha value is -1.15. The molecule has 1 rings (SSSR count). The van der Waals surface area contributed by atoms with Crippen molar-refractivity contribution in [3.8, 4) is 0 Å². The fraction of sp³-hybridized carbons (Fsp3) is 0.462. The predicted molar refractivity (Wildman–Crippen MR) is 63.0 cm³/mol. The van der Waals surface area contributed by atoms with Crippen LogP contribution in [-0.4, -0.2) is 18.9 Å². The number of hydrogen-bond donors (Lipinski definition) is 1. The largest absolute Gasteiger partial charge is 0.309 e. The summed E-state index contributed by atoms with van der Waals surface area (Å²) in [6.45, 7) is 7.22. The molecule has 0 radical (unpaired) electrons. The maximum Gasteiger partial charge on any atom is 0.143 e. The molecule has 2 nitrogen and oxygen atoms in total. The lowest BCUT2D eigenvalue weighted by molar-refractivity contribution is -0.116. The smallest absolute Gasteiger partial charge is 0.143 e. The minimum atomic E-state index is 0.0662. The first-order valence-corrected chi connectivity index (χ1v) is 5.28. The Labute approximate surface area is 91.7 Å². The topological polar surface area (TPSA) is 29.1 Å². The summed E-state index contributed by atoms with van der Waals surface area (Å²) in [7, 11) is 0. The normalized spacial score (nSPS) is 11.4. The van der Waals surface area contributed by atoms with Crippen LogP contribution >= 0.6 is 0 Å². The molecule has 82 valence electrons. The second-order valence-electron chi connectivity index (χ2n) is 4.56. The molecule has 0 aliphatic rings. The Morgan fingerprint density at radius 2 is 1.87 bits per heavy atom. The lowest BCUT2D eigenvalue weighted by Gasteiger charge is -2.25. The van der Waals surface area contributed by atoms with Crippen molar-refractivity contribution in [2.45, 2.75) is 26.2 Å². The fourth-order valence-corrected chi connectivity index (χ4v) is 1.54. The number of Topliss-reactive ketones (excluding diaryl/α,β-unsaturated/α-hetero) is 1. The van der Waals surface area contributed by atoms with Crippen LogP contribution in [0.5, 0.6) is 0 Å². The quantitative estimate of drug-likeness (QED) is 0.798. The molecule has 0 saturated carbocycles. The third kappa shape index (κ3) is 3.84. The van der Waals surface area contributed by atoms with E-state index in [-0.39, 0.29) is 11.2 Å². The van der Waals surface area contributed by atoms with Crippen LogP contribution in [0.2, 0.25) is 0 Å². The van der Waals surface area contributed by atoms with Gasteiger partial charge in [0, 0.05) is 12.0 Å². The minimum Gasteiger partial charge on any atom is -0.309 e. The molecule has 0 heterocycles. The Morgan fingerprint density at radius 1 is 1.27 bits per heavy atom. The Balaban J connectivity index is 2.56. The van der Waals surface area contributed by atoms with Gasteiger partial charge in [-0.3, -0.25) is 4.79 Å². The van der Waals surface area contributed by atoms with E-state index in [1.54, 1.807) is 6.92 Å². The van der Waals surface area contributed by atoms with Gasteiger partial charge >= 0.3 is 0 Å². The summed E-state index contributed by atoms with van der Waals surface area (Å²) in [6, 6.07) is 10.3. The number of rotatable bonds is 5. The first kappa shape index (κ1) is 11.9. The molecule has 0 saturated heterocycles. The molecule has 1 aromatic carbocycles. The van der Waals surface area contributed by atoms with E-state index >= 15 is 0 Å². The van der Waals surface area contributed by atoms with Crippen molar-refractivity contribution >= 4 is 5.78 Å². The summed E-state index contributed by atoms with van der Waals surface area (Å²) < 4.78 is 0. The van der Waals surface area contributed by atoms with Gasteiger partial charge in [-0.15, -0.1) is 0 Å². The van der Waals surface area contributed by atoms with E-state index in [1.807, 2.05) is 18.2 Å². The zero-order valence-electron chi connectivity index (χ0n) is 9.71. The van der Waals surface area contributed by atoms with E-state index in [9.17, 15) is 4.79 Å². The van der Waals surface area contributed by atoms with Gasteiger partial charge in [-0.25, -0.2) is 0 Å². The van der Waals surface area contributed by atoms with Crippen LogP contribution in [0.1, 0.15) is 26.3 Å². The zero-order chi connectivity index (χ0) is 11.3. The van der Waals surface area contributed by atoms with Crippen molar-refractivity contribution in [3.05, 3.63) is 35.9 Å². The number of nitrogens with one attached hydrogen (secondary N) is 1. The highest BCUT2D eigenvalue weighted by Crippen LogP contribution is 2.21. The highest BCUT2D eigenvalue weighted by atomic mass is 16.1. The van der Waals surface area contributed by atoms with Gasteiger partial charge in [-0.2, -0.15) is 0 Å². The number of carbonyl (C=O) groups is 1. The van der Waals surface area contributed by atoms with Crippen LogP contribution in [0, 0.1) is 0 Å². The Kier molecular flexibility index (Phi) is 4.04. The lowest BCUT2D eigenvalue weighted by Crippen LogP contribution is -2.35. The maximum absolute atomic E-state index is 10.8. The minimum absolute atomic E-state index is 0.0662. The van der Waals surface area contributed by atoms with Crippen LogP contribution in [0.3, 0.4) is 0 Å². The van der Waals surface area contributed by atoms with Gasteiger partial charge in [0.05, 0.1) is 6.54 Å². The average Bonchev–Trinajstić information content (AvgIpc) is 2.18. The van der Waals surface area contributed by atoms with Crippen LogP contribution < -0.4 is 5.32 Å². The van der Waals surface area contributed by atoms with E-state index in [0.29, 0.717) is 6.54 Å². The molecule has 0 unspecified atom stereocenters. The summed E-state index contributed by atoms with van der Waals surface area (Å²) in [4.78, 5) is 10.8. The van der Waals surface area contributed by atoms with Gasteiger partial charge in [0.1, 0.15) is 5.78 Å². The van der Waals surface area contributed by atoms with Crippen molar-refractivity contribution in [2.75, 3.05) is 13.1 Å². The van der Waals surface area contributed by atoms with Crippen molar-refractivity contribution in [3.63, 3.8) is 0 Å². The predicted octanol–water partition coefficient (Wildman–Crippen LogP) is 2.14. The number of hydrogen-bond acceptors (Lipinski definition) is 2. The lowest BCUT2D eigenvalue weighted by atomic mass is 9.84. The third-order valence-corrected chi connectivity index (χ3v) is 2.50. The summed E-state index contributed by atoms with van der Waals surface area (Å²) in [5.41, 5.74) is 1.36. The fourth-order valence-electron chi connectivity index (χ4n) is 1.54. The first-order valence-electron chi connectivity index (χ1n) is 5.28. The highest BCUT2D eigenvalue weighted by Gasteiger charge is 2.19. The molecule has 0 aliphatic heterocycles. The summed E-state index contributed by atoms with van der Waals surface area (Å²) in [5.74, 6) is 0.180. The molecule has 0 aromatic heterocycles. The van der Waals surface area contributed by atoms with Gasteiger partial charge in [0.2, 0.25) is 0 Å². The number of ketones is 1. The van der Waals surface area contributed by atoms with Gasteiger partial charge < -0.3 is 5.32 Å². The summed E-state index contributed by atoms with van der Waals surface area (Å²) >= 11 is 0. The Morgan fingerprint density at radius 3 is 2.40 bits per heavy atom. The molecule has 0 aliphatic carbocycles. The molecule has 2 heteroatoms. The van der Waals surface area contributed by atoms with E-state index in [1.165, 1.54) is 5.56 Å². The summed E-state index contributed by atoms with van der Waals surface area (Å²) in [5, 5.41) is 3.17. The zero-order valence-corrected chi connectivity index (χ0v) is 9.71. The van der Waals surface area contributed by atoms with Crippen LogP contribution in [0.4, 0.5) is 0 Å². The molecular weight excluding hydrogens is 186 g/mol. The molecule has 0 fully saturated rings. The second kappa shape index (κ2) is 5.08. The van der Waals surface area contributed by atoms with E-state index in [0.717, 1.165) is 6.54 Å².